The summed E-state index contributed by atoms with van der Waals surface area (Å²) in [6, 6.07) is 1.45. The first-order valence-corrected chi connectivity index (χ1v) is 5.04. The second kappa shape index (κ2) is 4.94. The summed E-state index contributed by atoms with van der Waals surface area (Å²) < 4.78 is 5.07. The molecule has 0 aliphatic carbocycles. The van der Waals surface area contributed by atoms with E-state index in [1.807, 2.05) is 0 Å². The standard InChI is InChI=1S/C10H22N2O/c1-9-7-10(8-12(9)3)11(2)5-6-13-4/h9-10H,5-8H2,1-4H3/t9-,10+/m1/s1. The summed E-state index contributed by atoms with van der Waals surface area (Å²) in [7, 11) is 6.15. The molecular weight excluding hydrogens is 164 g/mol. The summed E-state index contributed by atoms with van der Waals surface area (Å²) in [6.07, 6.45) is 1.29. The van der Waals surface area contributed by atoms with Crippen LogP contribution in [0.5, 0.6) is 0 Å². The van der Waals surface area contributed by atoms with E-state index in [1.54, 1.807) is 7.11 Å². The molecule has 0 aromatic rings. The van der Waals surface area contributed by atoms with Gasteiger partial charge < -0.3 is 9.64 Å². The SMILES string of the molecule is COCCN(C)[C@H]1C[C@@H](C)N(C)C1. The van der Waals surface area contributed by atoms with Crippen LogP contribution in [0.4, 0.5) is 0 Å². The molecule has 0 aromatic heterocycles. The largest absolute Gasteiger partial charge is 0.383 e. The minimum absolute atomic E-state index is 0.718. The maximum Gasteiger partial charge on any atom is 0.0589 e. The Bertz CT molecular complexity index is 142. The first-order chi connectivity index (χ1) is 6.15. The van der Waals surface area contributed by atoms with Gasteiger partial charge in [0.05, 0.1) is 6.61 Å². The van der Waals surface area contributed by atoms with Crippen molar-refractivity contribution >= 4 is 0 Å². The maximum atomic E-state index is 5.07. The van der Waals surface area contributed by atoms with Gasteiger partial charge in [-0.1, -0.05) is 0 Å². The molecule has 1 fully saturated rings. The topological polar surface area (TPSA) is 15.7 Å². The molecule has 13 heavy (non-hydrogen) atoms. The van der Waals surface area contributed by atoms with Gasteiger partial charge in [-0.25, -0.2) is 0 Å². The number of likely N-dealkylation sites (N-methyl/N-ethyl adjacent to an activating group) is 2. The molecule has 0 aromatic carbocycles. The van der Waals surface area contributed by atoms with Gasteiger partial charge in [0, 0.05) is 32.3 Å². The molecule has 3 heteroatoms. The molecule has 0 saturated carbocycles. The van der Waals surface area contributed by atoms with Crippen molar-refractivity contribution in [3.63, 3.8) is 0 Å². The van der Waals surface area contributed by atoms with E-state index >= 15 is 0 Å². The molecule has 0 radical (unpaired) electrons. The summed E-state index contributed by atoms with van der Waals surface area (Å²) in [5.74, 6) is 0. The third kappa shape index (κ3) is 2.93. The number of likely N-dealkylation sites (tertiary alicyclic amines) is 1. The average molecular weight is 186 g/mol. The van der Waals surface area contributed by atoms with Crippen molar-refractivity contribution < 1.29 is 4.74 Å². The van der Waals surface area contributed by atoms with Crippen molar-refractivity contribution in [2.24, 2.45) is 0 Å². The van der Waals surface area contributed by atoms with E-state index < -0.39 is 0 Å². The van der Waals surface area contributed by atoms with Crippen LogP contribution in [0, 0.1) is 0 Å². The molecule has 1 rings (SSSR count). The zero-order chi connectivity index (χ0) is 9.84. The molecule has 78 valence electrons. The van der Waals surface area contributed by atoms with Crippen LogP contribution < -0.4 is 0 Å². The molecule has 1 aliphatic heterocycles. The van der Waals surface area contributed by atoms with E-state index in [1.165, 1.54) is 13.0 Å². The minimum atomic E-state index is 0.718. The van der Waals surface area contributed by atoms with E-state index in [4.69, 9.17) is 4.74 Å². The number of hydrogen-bond acceptors (Lipinski definition) is 3. The van der Waals surface area contributed by atoms with Crippen molar-refractivity contribution in [1.29, 1.82) is 0 Å². The van der Waals surface area contributed by atoms with E-state index in [0.29, 0.717) is 0 Å². The molecule has 0 N–H and O–H groups in total. The third-order valence-corrected chi connectivity index (χ3v) is 3.14. The fraction of sp³-hybridized carbons (Fsp3) is 1.00. The molecule has 0 spiro atoms. The number of rotatable bonds is 4. The summed E-state index contributed by atoms with van der Waals surface area (Å²) in [5.41, 5.74) is 0. The highest BCUT2D eigenvalue weighted by Gasteiger charge is 2.28. The fourth-order valence-electron chi connectivity index (χ4n) is 1.90. The van der Waals surface area contributed by atoms with Crippen molar-refractivity contribution in [3.8, 4) is 0 Å². The number of ether oxygens (including phenoxy) is 1. The van der Waals surface area contributed by atoms with Gasteiger partial charge in [0.2, 0.25) is 0 Å². The van der Waals surface area contributed by atoms with Gasteiger partial charge in [0.15, 0.2) is 0 Å². The lowest BCUT2D eigenvalue weighted by Crippen LogP contribution is -2.35. The molecule has 0 unspecified atom stereocenters. The smallest absolute Gasteiger partial charge is 0.0589 e. The Hall–Kier alpha value is -0.120. The Morgan fingerprint density at radius 1 is 1.54 bits per heavy atom. The minimum Gasteiger partial charge on any atom is -0.383 e. The molecule has 0 bridgehead atoms. The quantitative estimate of drug-likeness (QED) is 0.641. The Kier molecular flexibility index (Phi) is 4.16. The summed E-state index contributed by atoms with van der Waals surface area (Å²) >= 11 is 0. The molecular formula is C10H22N2O. The summed E-state index contributed by atoms with van der Waals surface area (Å²) in [5, 5.41) is 0. The summed E-state index contributed by atoms with van der Waals surface area (Å²) in [4.78, 5) is 4.83. The van der Waals surface area contributed by atoms with E-state index in [2.05, 4.69) is 30.8 Å². The van der Waals surface area contributed by atoms with Crippen molar-refractivity contribution in [1.82, 2.24) is 9.80 Å². The van der Waals surface area contributed by atoms with Crippen molar-refractivity contribution in [2.45, 2.75) is 25.4 Å². The van der Waals surface area contributed by atoms with Gasteiger partial charge in [-0.15, -0.1) is 0 Å². The highest BCUT2D eigenvalue weighted by atomic mass is 16.5. The molecule has 0 amide bonds. The molecule has 1 aliphatic rings. The normalized spacial score (nSPS) is 30.2. The van der Waals surface area contributed by atoms with Gasteiger partial charge in [0.1, 0.15) is 0 Å². The predicted molar refractivity (Wildman–Crippen MR) is 55.0 cm³/mol. The number of hydrogen-bond donors (Lipinski definition) is 0. The first kappa shape index (κ1) is 11.0. The lowest BCUT2D eigenvalue weighted by atomic mass is 10.2. The van der Waals surface area contributed by atoms with E-state index in [0.717, 1.165) is 25.2 Å². The van der Waals surface area contributed by atoms with Crippen LogP contribution in [-0.2, 0) is 4.74 Å². The van der Waals surface area contributed by atoms with Crippen LogP contribution in [0.15, 0.2) is 0 Å². The van der Waals surface area contributed by atoms with Gasteiger partial charge in [0.25, 0.3) is 0 Å². The van der Waals surface area contributed by atoms with Gasteiger partial charge in [-0.3, -0.25) is 4.90 Å². The van der Waals surface area contributed by atoms with Gasteiger partial charge in [-0.05, 0) is 27.4 Å². The Balaban J connectivity index is 2.28. The second-order valence-corrected chi connectivity index (χ2v) is 4.15. The number of nitrogens with zero attached hydrogens (tertiary/aromatic N) is 2. The van der Waals surface area contributed by atoms with Crippen LogP contribution in [0.3, 0.4) is 0 Å². The lowest BCUT2D eigenvalue weighted by molar-refractivity contribution is 0.140. The average Bonchev–Trinajstić information content (AvgIpc) is 2.43. The molecule has 2 atom stereocenters. The van der Waals surface area contributed by atoms with Gasteiger partial charge >= 0.3 is 0 Å². The third-order valence-electron chi connectivity index (χ3n) is 3.14. The maximum absolute atomic E-state index is 5.07. The fourth-order valence-corrected chi connectivity index (χ4v) is 1.90. The summed E-state index contributed by atoms with van der Waals surface area (Å²) in [6.45, 7) is 5.37. The van der Waals surface area contributed by atoms with Gasteiger partial charge in [-0.2, -0.15) is 0 Å². The van der Waals surface area contributed by atoms with Crippen LogP contribution in [-0.4, -0.2) is 62.8 Å². The molecule has 1 saturated heterocycles. The Morgan fingerprint density at radius 2 is 2.23 bits per heavy atom. The Morgan fingerprint density at radius 3 is 2.69 bits per heavy atom. The van der Waals surface area contributed by atoms with E-state index in [-0.39, 0.29) is 0 Å². The molecule has 3 nitrogen and oxygen atoms in total. The number of methoxy groups -OCH3 is 1. The Labute approximate surface area is 81.7 Å². The second-order valence-electron chi connectivity index (χ2n) is 4.15. The zero-order valence-corrected chi connectivity index (χ0v) is 9.29. The van der Waals surface area contributed by atoms with E-state index in [9.17, 15) is 0 Å². The lowest BCUT2D eigenvalue weighted by Gasteiger charge is -2.23. The monoisotopic (exact) mass is 186 g/mol. The van der Waals surface area contributed by atoms with Crippen LogP contribution in [0.25, 0.3) is 0 Å². The van der Waals surface area contributed by atoms with Crippen molar-refractivity contribution in [3.05, 3.63) is 0 Å². The zero-order valence-electron chi connectivity index (χ0n) is 9.29. The van der Waals surface area contributed by atoms with Crippen molar-refractivity contribution in [2.75, 3.05) is 40.9 Å². The van der Waals surface area contributed by atoms with Crippen LogP contribution in [0.1, 0.15) is 13.3 Å². The van der Waals surface area contributed by atoms with Crippen LogP contribution in [0.2, 0.25) is 0 Å². The predicted octanol–water partition coefficient (Wildman–Crippen LogP) is 0.657. The highest BCUT2D eigenvalue weighted by molar-refractivity contribution is 4.85. The first-order valence-electron chi connectivity index (χ1n) is 5.04. The molecule has 1 heterocycles. The van der Waals surface area contributed by atoms with Crippen LogP contribution >= 0.6 is 0 Å². The highest BCUT2D eigenvalue weighted by Crippen LogP contribution is 2.18.